The number of nitrogens with zero attached hydrogens (tertiary/aromatic N) is 2. The van der Waals surface area contributed by atoms with Gasteiger partial charge in [0.25, 0.3) is 0 Å². The molecular formula is C27H30N2O3. The fourth-order valence-electron chi connectivity index (χ4n) is 5.19. The predicted molar refractivity (Wildman–Crippen MR) is 125 cm³/mol. The van der Waals surface area contributed by atoms with Gasteiger partial charge in [0.1, 0.15) is 5.60 Å². The number of hydrogen-bond acceptors (Lipinski definition) is 3. The Hall–Kier alpha value is -3.08. The molecule has 5 rings (SSSR count). The Morgan fingerprint density at radius 2 is 1.81 bits per heavy atom. The summed E-state index contributed by atoms with van der Waals surface area (Å²) in [5.74, 6) is -0.0189. The predicted octanol–water partition coefficient (Wildman–Crippen LogP) is 5.25. The molecule has 0 N–H and O–H groups in total. The molecular weight excluding hydrogens is 400 g/mol. The Morgan fingerprint density at radius 1 is 1.06 bits per heavy atom. The highest BCUT2D eigenvalue weighted by molar-refractivity contribution is 5.90. The van der Waals surface area contributed by atoms with Gasteiger partial charge in [0.05, 0.1) is 11.6 Å². The van der Waals surface area contributed by atoms with Gasteiger partial charge in [-0.25, -0.2) is 4.79 Å². The van der Waals surface area contributed by atoms with E-state index in [9.17, 15) is 9.59 Å². The molecule has 3 aromatic rings. The Bertz CT molecular complexity index is 1180. The van der Waals surface area contributed by atoms with Crippen LogP contribution in [-0.4, -0.2) is 33.5 Å². The van der Waals surface area contributed by atoms with Crippen molar-refractivity contribution in [3.8, 4) is 0 Å². The molecule has 1 atom stereocenters. The smallest absolute Gasteiger partial charge is 0.338 e. The molecule has 32 heavy (non-hydrogen) atoms. The maximum absolute atomic E-state index is 12.6. The van der Waals surface area contributed by atoms with Crippen LogP contribution < -0.4 is 0 Å². The standard InChI is InChI=1S/C27H30N2O3/c1-27(2,3)32-26(31)19-13-11-18(12-14-19)17-29-22-8-5-4-7-20(22)21-15-16-28-23(25(21)29)9-6-10-24(28)30/h4-5,7-8,11-14,23H,6,9-10,15-17H2,1-3H3. The van der Waals surface area contributed by atoms with Gasteiger partial charge in [-0.15, -0.1) is 0 Å². The highest BCUT2D eigenvalue weighted by atomic mass is 16.6. The number of hydrogen-bond donors (Lipinski definition) is 0. The van der Waals surface area contributed by atoms with Crippen LogP contribution in [-0.2, 0) is 22.5 Å². The zero-order chi connectivity index (χ0) is 22.5. The van der Waals surface area contributed by atoms with E-state index in [-0.39, 0.29) is 17.9 Å². The van der Waals surface area contributed by atoms with Crippen LogP contribution in [0.3, 0.4) is 0 Å². The lowest BCUT2D eigenvalue weighted by molar-refractivity contribution is -0.137. The average Bonchev–Trinajstić information content (AvgIpc) is 3.07. The zero-order valence-electron chi connectivity index (χ0n) is 19.1. The van der Waals surface area contributed by atoms with Crippen LogP contribution in [0.1, 0.15) is 73.3 Å². The monoisotopic (exact) mass is 430 g/mol. The minimum absolute atomic E-state index is 0.161. The first kappa shape index (κ1) is 20.8. The van der Waals surface area contributed by atoms with E-state index >= 15 is 0 Å². The van der Waals surface area contributed by atoms with Gasteiger partial charge in [-0.1, -0.05) is 30.3 Å². The number of esters is 1. The molecule has 166 valence electrons. The summed E-state index contributed by atoms with van der Waals surface area (Å²) in [5.41, 5.74) is 5.08. The van der Waals surface area contributed by atoms with Crippen molar-refractivity contribution in [3.63, 3.8) is 0 Å². The maximum atomic E-state index is 12.6. The number of para-hydroxylation sites is 1. The molecule has 0 saturated carbocycles. The molecule has 5 nitrogen and oxygen atoms in total. The number of rotatable bonds is 3. The lowest BCUT2D eigenvalue weighted by Crippen LogP contribution is -2.43. The summed E-state index contributed by atoms with van der Waals surface area (Å²) in [5, 5.41) is 1.30. The molecule has 2 aliphatic heterocycles. The van der Waals surface area contributed by atoms with Gasteiger partial charge >= 0.3 is 5.97 Å². The zero-order valence-corrected chi connectivity index (χ0v) is 19.1. The van der Waals surface area contributed by atoms with Gasteiger partial charge in [0, 0.05) is 36.1 Å². The number of aromatic nitrogens is 1. The SMILES string of the molecule is CC(C)(C)OC(=O)c1ccc(Cn2c3c(c4ccccc42)CCN2C(=O)CCCC32)cc1. The van der Waals surface area contributed by atoms with Crippen molar-refractivity contribution in [1.29, 1.82) is 0 Å². The quantitative estimate of drug-likeness (QED) is 0.533. The minimum atomic E-state index is -0.512. The van der Waals surface area contributed by atoms with Gasteiger partial charge in [-0.2, -0.15) is 0 Å². The summed E-state index contributed by atoms with van der Waals surface area (Å²) in [4.78, 5) is 27.1. The molecule has 1 amide bonds. The second-order valence-corrected chi connectivity index (χ2v) is 9.91. The molecule has 0 aliphatic carbocycles. The Kier molecular flexibility index (Phi) is 5.07. The van der Waals surface area contributed by atoms with Crippen LogP contribution in [0.25, 0.3) is 10.9 Å². The van der Waals surface area contributed by atoms with Gasteiger partial charge in [-0.3, -0.25) is 4.79 Å². The highest BCUT2D eigenvalue weighted by Crippen LogP contribution is 2.42. The summed E-state index contributed by atoms with van der Waals surface area (Å²) >= 11 is 0. The second-order valence-electron chi connectivity index (χ2n) is 9.91. The fourth-order valence-corrected chi connectivity index (χ4v) is 5.19. The van der Waals surface area contributed by atoms with E-state index in [0.717, 1.165) is 31.4 Å². The lowest BCUT2D eigenvalue weighted by atomic mass is 9.90. The number of carbonyl (C=O) groups excluding carboxylic acids is 2. The Labute approximate surface area is 189 Å². The van der Waals surface area contributed by atoms with Crippen molar-refractivity contribution in [3.05, 3.63) is 70.9 Å². The van der Waals surface area contributed by atoms with E-state index in [4.69, 9.17) is 4.74 Å². The van der Waals surface area contributed by atoms with E-state index < -0.39 is 5.60 Å². The third-order valence-corrected chi connectivity index (χ3v) is 6.53. The summed E-state index contributed by atoms with van der Waals surface area (Å²) in [6, 6.07) is 16.4. The van der Waals surface area contributed by atoms with Crippen LogP contribution in [0.5, 0.6) is 0 Å². The molecule has 1 fully saturated rings. The molecule has 3 heterocycles. The van der Waals surface area contributed by atoms with Crippen LogP contribution in [0.15, 0.2) is 48.5 Å². The molecule has 1 saturated heterocycles. The lowest BCUT2D eigenvalue weighted by Gasteiger charge is -2.40. The van der Waals surface area contributed by atoms with Gasteiger partial charge in [0.15, 0.2) is 0 Å². The van der Waals surface area contributed by atoms with Crippen LogP contribution in [0.4, 0.5) is 0 Å². The highest BCUT2D eigenvalue weighted by Gasteiger charge is 2.37. The van der Waals surface area contributed by atoms with Crippen molar-refractivity contribution in [2.75, 3.05) is 6.54 Å². The number of ether oxygens (including phenoxy) is 1. The first-order valence-electron chi connectivity index (χ1n) is 11.5. The van der Waals surface area contributed by atoms with Crippen molar-refractivity contribution < 1.29 is 14.3 Å². The van der Waals surface area contributed by atoms with E-state index in [1.807, 2.05) is 45.0 Å². The third kappa shape index (κ3) is 3.70. The van der Waals surface area contributed by atoms with Crippen LogP contribution >= 0.6 is 0 Å². The molecule has 2 aromatic carbocycles. The maximum Gasteiger partial charge on any atom is 0.338 e. The average molecular weight is 431 g/mol. The Balaban J connectivity index is 1.51. The molecule has 0 radical (unpaired) electrons. The van der Waals surface area contributed by atoms with Crippen LogP contribution in [0, 0.1) is 0 Å². The van der Waals surface area contributed by atoms with E-state index in [1.54, 1.807) is 0 Å². The van der Waals surface area contributed by atoms with E-state index in [0.29, 0.717) is 18.5 Å². The first-order valence-corrected chi connectivity index (χ1v) is 11.5. The van der Waals surface area contributed by atoms with Gasteiger partial charge < -0.3 is 14.2 Å². The number of amides is 1. The van der Waals surface area contributed by atoms with Crippen molar-refractivity contribution in [2.24, 2.45) is 0 Å². The number of benzene rings is 2. The van der Waals surface area contributed by atoms with Crippen LogP contribution in [0.2, 0.25) is 0 Å². The molecule has 2 aliphatic rings. The van der Waals surface area contributed by atoms with E-state index in [2.05, 4.69) is 33.7 Å². The minimum Gasteiger partial charge on any atom is -0.456 e. The summed E-state index contributed by atoms with van der Waals surface area (Å²) in [7, 11) is 0. The van der Waals surface area contributed by atoms with Crippen molar-refractivity contribution in [1.82, 2.24) is 9.47 Å². The Morgan fingerprint density at radius 3 is 2.56 bits per heavy atom. The summed E-state index contributed by atoms with van der Waals surface area (Å²) in [6.07, 6.45) is 3.54. The van der Waals surface area contributed by atoms with Crippen molar-refractivity contribution >= 4 is 22.8 Å². The normalized spacial score (nSPS) is 18.4. The molecule has 1 unspecified atom stereocenters. The number of piperidine rings is 1. The van der Waals surface area contributed by atoms with Gasteiger partial charge in [-0.05, 0) is 69.4 Å². The number of fused-ring (bicyclic) bond motifs is 5. The second kappa shape index (κ2) is 7.80. The van der Waals surface area contributed by atoms with Crippen molar-refractivity contribution in [2.45, 2.75) is 64.6 Å². The molecule has 1 aromatic heterocycles. The number of carbonyl (C=O) groups is 2. The molecule has 0 spiro atoms. The third-order valence-electron chi connectivity index (χ3n) is 6.53. The largest absolute Gasteiger partial charge is 0.456 e. The van der Waals surface area contributed by atoms with Gasteiger partial charge in [0.2, 0.25) is 5.91 Å². The topological polar surface area (TPSA) is 51.5 Å². The summed E-state index contributed by atoms with van der Waals surface area (Å²) < 4.78 is 7.88. The fraction of sp³-hybridized carbons (Fsp3) is 0.407. The molecule has 0 bridgehead atoms. The summed E-state index contributed by atoms with van der Waals surface area (Å²) in [6.45, 7) is 7.15. The first-order chi connectivity index (χ1) is 15.3. The van der Waals surface area contributed by atoms with E-state index in [1.165, 1.54) is 22.2 Å². The molecule has 5 heteroatoms.